The van der Waals surface area contributed by atoms with Crippen molar-refractivity contribution in [1.82, 2.24) is 0 Å². The lowest BCUT2D eigenvalue weighted by Crippen LogP contribution is -3.00. The standard InChI is InChI=1S/C24H22N2.2ClH/c1-19-3-7-23(8-4-19)25-15-11-21(12-16-25)22-13-17-26(18-14-22)24-9-5-20(2)6-10-24;;/h3-18H,1-2H3;2*1H/q+2;;/p-2. The zero-order valence-corrected chi connectivity index (χ0v) is 17.4. The van der Waals surface area contributed by atoms with Gasteiger partial charge in [-0.05, 0) is 25.0 Å². The van der Waals surface area contributed by atoms with Crippen molar-refractivity contribution in [2.24, 2.45) is 0 Å². The van der Waals surface area contributed by atoms with Crippen molar-refractivity contribution >= 4 is 0 Å². The Morgan fingerprint density at radius 3 is 1.00 bits per heavy atom. The highest BCUT2D eigenvalue weighted by molar-refractivity contribution is 5.61. The number of hydrogen-bond donors (Lipinski definition) is 0. The van der Waals surface area contributed by atoms with Gasteiger partial charge in [0.2, 0.25) is 11.4 Å². The van der Waals surface area contributed by atoms with E-state index in [9.17, 15) is 0 Å². The molecule has 4 aromatic rings. The Labute approximate surface area is 178 Å². The summed E-state index contributed by atoms with van der Waals surface area (Å²) in [6.07, 6.45) is 8.45. The number of halogens is 2. The summed E-state index contributed by atoms with van der Waals surface area (Å²) in [6.45, 7) is 4.21. The van der Waals surface area contributed by atoms with Gasteiger partial charge in [-0.3, -0.25) is 0 Å². The van der Waals surface area contributed by atoms with E-state index in [0.29, 0.717) is 0 Å². The molecule has 0 amide bonds. The first-order valence-electron chi connectivity index (χ1n) is 8.86. The molecule has 0 saturated heterocycles. The van der Waals surface area contributed by atoms with Gasteiger partial charge in [-0.25, -0.2) is 0 Å². The Hall–Kier alpha value is -2.68. The van der Waals surface area contributed by atoms with E-state index < -0.39 is 0 Å². The van der Waals surface area contributed by atoms with Gasteiger partial charge >= 0.3 is 0 Å². The van der Waals surface area contributed by atoms with E-state index in [0.717, 1.165) is 0 Å². The van der Waals surface area contributed by atoms with E-state index in [1.54, 1.807) is 0 Å². The Bertz CT molecular complexity index is 921. The van der Waals surface area contributed by atoms with Crippen molar-refractivity contribution in [1.29, 1.82) is 0 Å². The van der Waals surface area contributed by atoms with Crippen LogP contribution in [0.15, 0.2) is 97.6 Å². The molecule has 0 N–H and O–H groups in total. The summed E-state index contributed by atoms with van der Waals surface area (Å²) in [5.41, 5.74) is 7.32. The van der Waals surface area contributed by atoms with Crippen molar-refractivity contribution < 1.29 is 33.9 Å². The van der Waals surface area contributed by atoms with Gasteiger partial charge in [0.05, 0.1) is 0 Å². The lowest BCUT2D eigenvalue weighted by molar-refractivity contribution is -0.596. The van der Waals surface area contributed by atoms with Crippen LogP contribution in [0.3, 0.4) is 0 Å². The molecular weight excluding hydrogens is 387 g/mol. The molecule has 2 aromatic carbocycles. The van der Waals surface area contributed by atoms with Gasteiger partial charge in [0.15, 0.2) is 24.8 Å². The Morgan fingerprint density at radius 2 is 0.714 bits per heavy atom. The monoisotopic (exact) mass is 408 g/mol. The maximum atomic E-state index is 2.16. The molecule has 0 spiro atoms. The first-order valence-corrected chi connectivity index (χ1v) is 8.86. The zero-order valence-electron chi connectivity index (χ0n) is 15.9. The summed E-state index contributed by atoms with van der Waals surface area (Å²) >= 11 is 0. The molecule has 0 aliphatic rings. The fourth-order valence-electron chi connectivity index (χ4n) is 3.02. The maximum Gasteiger partial charge on any atom is 0.210 e. The van der Waals surface area contributed by atoms with Crippen LogP contribution < -0.4 is 33.9 Å². The SMILES string of the molecule is Cc1ccc(-[n+]2ccc(-c3cc[n+](-c4ccc(C)cc4)cc3)cc2)cc1.[Cl-].[Cl-]. The summed E-state index contributed by atoms with van der Waals surface area (Å²) in [5, 5.41) is 0. The van der Waals surface area contributed by atoms with E-state index >= 15 is 0 Å². The van der Waals surface area contributed by atoms with Crippen LogP contribution in [0, 0.1) is 13.8 Å². The summed E-state index contributed by atoms with van der Waals surface area (Å²) in [5.74, 6) is 0. The van der Waals surface area contributed by atoms with Crippen LogP contribution in [0.4, 0.5) is 0 Å². The Kier molecular flexibility index (Phi) is 7.33. The highest BCUT2D eigenvalue weighted by atomic mass is 35.5. The second-order valence-corrected chi connectivity index (χ2v) is 6.66. The summed E-state index contributed by atoms with van der Waals surface area (Å²) in [7, 11) is 0. The molecule has 4 rings (SSSR count). The lowest BCUT2D eigenvalue weighted by atomic mass is 10.1. The predicted molar refractivity (Wildman–Crippen MR) is 104 cm³/mol. The number of hydrogen-bond acceptors (Lipinski definition) is 0. The smallest absolute Gasteiger partial charge is 0.210 e. The molecule has 0 radical (unpaired) electrons. The van der Waals surface area contributed by atoms with Crippen LogP contribution in [0.1, 0.15) is 11.1 Å². The first-order chi connectivity index (χ1) is 12.7. The average Bonchev–Trinajstić information content (AvgIpc) is 2.70. The molecule has 0 aliphatic carbocycles. The third-order valence-corrected chi connectivity index (χ3v) is 4.66. The normalized spacial score (nSPS) is 9.93. The van der Waals surface area contributed by atoms with Crippen LogP contribution in [0.5, 0.6) is 0 Å². The van der Waals surface area contributed by atoms with Crippen molar-refractivity contribution in [3.8, 4) is 22.5 Å². The molecule has 4 heteroatoms. The Balaban J connectivity index is 0.00000140. The van der Waals surface area contributed by atoms with Gasteiger partial charge < -0.3 is 24.8 Å². The van der Waals surface area contributed by atoms with Gasteiger partial charge in [0.25, 0.3) is 0 Å². The molecule has 0 aliphatic heterocycles. The number of aryl methyl sites for hydroxylation is 2. The van der Waals surface area contributed by atoms with Gasteiger partial charge in [0.1, 0.15) is 0 Å². The van der Waals surface area contributed by atoms with Crippen LogP contribution in [0.25, 0.3) is 22.5 Å². The summed E-state index contributed by atoms with van der Waals surface area (Å²) in [6, 6.07) is 25.7. The Morgan fingerprint density at radius 1 is 0.429 bits per heavy atom. The molecule has 2 nitrogen and oxygen atoms in total. The topological polar surface area (TPSA) is 7.76 Å². The predicted octanol–water partition coefficient (Wildman–Crippen LogP) is -1.47. The molecule has 2 heterocycles. The van der Waals surface area contributed by atoms with E-state index in [1.165, 1.54) is 33.6 Å². The number of aromatic nitrogens is 2. The summed E-state index contributed by atoms with van der Waals surface area (Å²) in [4.78, 5) is 0. The molecule has 2 aromatic heterocycles. The molecule has 0 atom stereocenters. The average molecular weight is 409 g/mol. The van der Waals surface area contributed by atoms with Crippen molar-refractivity contribution in [3.05, 3.63) is 109 Å². The van der Waals surface area contributed by atoms with Gasteiger partial charge in [0, 0.05) is 48.5 Å². The molecule has 0 fully saturated rings. The molecule has 0 bridgehead atoms. The van der Waals surface area contributed by atoms with Gasteiger partial charge in [-0.15, -0.1) is 0 Å². The number of pyridine rings is 2. The second kappa shape index (κ2) is 9.50. The quantitative estimate of drug-likeness (QED) is 0.366. The molecular formula is C24H22Cl2N2. The second-order valence-electron chi connectivity index (χ2n) is 6.66. The van der Waals surface area contributed by atoms with Crippen LogP contribution >= 0.6 is 0 Å². The zero-order chi connectivity index (χ0) is 17.9. The number of benzene rings is 2. The fraction of sp³-hybridized carbons (Fsp3) is 0.0833. The van der Waals surface area contributed by atoms with Crippen molar-refractivity contribution in [2.75, 3.05) is 0 Å². The fourth-order valence-corrected chi connectivity index (χ4v) is 3.02. The minimum absolute atomic E-state index is 0. The summed E-state index contributed by atoms with van der Waals surface area (Å²) < 4.78 is 4.27. The van der Waals surface area contributed by atoms with Crippen molar-refractivity contribution in [3.63, 3.8) is 0 Å². The highest BCUT2D eigenvalue weighted by Crippen LogP contribution is 2.16. The first kappa shape index (κ1) is 21.6. The van der Waals surface area contributed by atoms with Crippen LogP contribution in [-0.4, -0.2) is 0 Å². The maximum absolute atomic E-state index is 2.16. The van der Waals surface area contributed by atoms with Gasteiger partial charge in [-0.1, -0.05) is 35.4 Å². The third kappa shape index (κ3) is 4.78. The minimum atomic E-state index is 0. The number of rotatable bonds is 3. The van der Waals surface area contributed by atoms with Crippen LogP contribution in [0.2, 0.25) is 0 Å². The molecule has 28 heavy (non-hydrogen) atoms. The highest BCUT2D eigenvalue weighted by Gasteiger charge is 2.09. The molecule has 0 unspecified atom stereocenters. The molecule has 142 valence electrons. The van der Waals surface area contributed by atoms with E-state index in [-0.39, 0.29) is 24.8 Å². The number of nitrogens with zero attached hydrogens (tertiary/aromatic N) is 2. The third-order valence-electron chi connectivity index (χ3n) is 4.66. The lowest BCUT2D eigenvalue weighted by Gasteiger charge is -2.02. The largest absolute Gasteiger partial charge is 1.00 e. The van der Waals surface area contributed by atoms with Crippen molar-refractivity contribution in [2.45, 2.75) is 13.8 Å². The molecule has 0 saturated carbocycles. The van der Waals surface area contributed by atoms with Gasteiger partial charge in [-0.2, -0.15) is 9.13 Å². The van der Waals surface area contributed by atoms with E-state index in [2.05, 4.69) is 121 Å². The minimum Gasteiger partial charge on any atom is -1.00 e. The van der Waals surface area contributed by atoms with E-state index in [4.69, 9.17) is 0 Å². The van der Waals surface area contributed by atoms with Crippen LogP contribution in [-0.2, 0) is 0 Å². The van der Waals surface area contributed by atoms with E-state index in [1.807, 2.05) is 0 Å².